The number of hydrogen-bond donors (Lipinski definition) is 0. The van der Waals surface area contributed by atoms with E-state index in [4.69, 9.17) is 4.98 Å². The lowest BCUT2D eigenvalue weighted by molar-refractivity contribution is -0.117. The topological polar surface area (TPSA) is 52.0 Å². The molecule has 0 aliphatic carbocycles. The van der Waals surface area contributed by atoms with Gasteiger partial charge in [-0.1, -0.05) is 48.5 Å². The van der Waals surface area contributed by atoms with Crippen molar-refractivity contribution in [2.24, 2.45) is 0 Å². The molecule has 146 valence electrons. The molecule has 0 spiro atoms. The number of aromatic nitrogens is 2. The molecule has 29 heavy (non-hydrogen) atoms. The van der Waals surface area contributed by atoms with E-state index in [1.54, 1.807) is 18.2 Å². The average molecular weight is 406 g/mol. The molecule has 0 saturated carbocycles. The number of carbonyl (C=O) groups is 1. The number of carbonyl (C=O) groups excluding carboxylic acids is 1. The highest BCUT2D eigenvalue weighted by atomic mass is 32.1. The second kappa shape index (κ2) is 8.09. The van der Waals surface area contributed by atoms with Crippen molar-refractivity contribution in [2.45, 2.75) is 26.3 Å². The molecule has 0 aliphatic rings. The zero-order valence-corrected chi connectivity index (χ0v) is 16.7. The largest absolute Gasteiger partial charge is 0.300 e. The summed E-state index contributed by atoms with van der Waals surface area (Å²) in [4.78, 5) is 31.0. The predicted octanol–water partition coefficient (Wildman–Crippen LogP) is 4.83. The third kappa shape index (κ3) is 4.03. The monoisotopic (exact) mass is 406 g/mol. The minimum Gasteiger partial charge on any atom is -0.300 e. The molecular formula is C23H19FN2O2S. The van der Waals surface area contributed by atoms with Crippen LogP contribution in [0.3, 0.4) is 0 Å². The first-order valence-electron chi connectivity index (χ1n) is 9.34. The number of hydrogen-bond acceptors (Lipinski definition) is 4. The van der Waals surface area contributed by atoms with Gasteiger partial charge in [-0.15, -0.1) is 11.3 Å². The lowest BCUT2D eigenvalue weighted by atomic mass is 10.1. The number of fused-ring (bicyclic) bond motifs is 1. The van der Waals surface area contributed by atoms with E-state index in [0.29, 0.717) is 21.6 Å². The summed E-state index contributed by atoms with van der Waals surface area (Å²) >= 11 is 1.44. The van der Waals surface area contributed by atoms with Crippen molar-refractivity contribution in [3.05, 3.63) is 88.2 Å². The first-order chi connectivity index (χ1) is 14.0. The van der Waals surface area contributed by atoms with Gasteiger partial charge < -0.3 is 0 Å². The van der Waals surface area contributed by atoms with Crippen molar-refractivity contribution in [2.75, 3.05) is 0 Å². The van der Waals surface area contributed by atoms with Crippen molar-refractivity contribution in [1.29, 1.82) is 0 Å². The Morgan fingerprint density at radius 2 is 1.83 bits per heavy atom. The van der Waals surface area contributed by atoms with Crippen LogP contribution in [0.4, 0.5) is 4.39 Å². The zero-order valence-electron chi connectivity index (χ0n) is 15.9. The average Bonchev–Trinajstić information content (AvgIpc) is 3.14. The SMILES string of the molecule is CC(=O)CCn1c(Cc2ccccc2F)nc2sc(-c3ccccc3)cc2c1=O. The van der Waals surface area contributed by atoms with Gasteiger partial charge in [0.15, 0.2) is 0 Å². The maximum absolute atomic E-state index is 14.2. The Labute approximate surface area is 171 Å². The summed E-state index contributed by atoms with van der Waals surface area (Å²) in [6.45, 7) is 1.73. The summed E-state index contributed by atoms with van der Waals surface area (Å²) in [6, 6.07) is 18.1. The quantitative estimate of drug-likeness (QED) is 0.461. The molecule has 4 aromatic rings. The standard InChI is InChI=1S/C23H19FN2O2S/c1-15(27)11-12-26-21(13-17-9-5-6-10-19(17)24)25-22-18(23(26)28)14-20(29-22)16-7-3-2-4-8-16/h2-10,14H,11-13H2,1H3. The van der Waals surface area contributed by atoms with Crippen molar-refractivity contribution in [1.82, 2.24) is 9.55 Å². The molecule has 0 bridgehead atoms. The number of rotatable bonds is 6. The van der Waals surface area contributed by atoms with E-state index >= 15 is 0 Å². The number of halogens is 1. The van der Waals surface area contributed by atoms with Crippen LogP contribution in [0.15, 0.2) is 65.5 Å². The van der Waals surface area contributed by atoms with E-state index in [1.165, 1.54) is 28.9 Å². The Morgan fingerprint density at radius 1 is 1.10 bits per heavy atom. The number of ketones is 1. The summed E-state index contributed by atoms with van der Waals surface area (Å²) in [5.41, 5.74) is 1.29. The highest BCUT2D eigenvalue weighted by Crippen LogP contribution is 2.31. The Kier molecular flexibility index (Phi) is 5.36. The van der Waals surface area contributed by atoms with Gasteiger partial charge in [0.05, 0.1) is 5.39 Å². The van der Waals surface area contributed by atoms with Crippen LogP contribution >= 0.6 is 11.3 Å². The van der Waals surface area contributed by atoms with Crippen LogP contribution < -0.4 is 5.56 Å². The Morgan fingerprint density at radius 3 is 2.55 bits per heavy atom. The maximum Gasteiger partial charge on any atom is 0.262 e. The van der Waals surface area contributed by atoms with Crippen molar-refractivity contribution < 1.29 is 9.18 Å². The van der Waals surface area contributed by atoms with Gasteiger partial charge in [-0.2, -0.15) is 0 Å². The van der Waals surface area contributed by atoms with E-state index in [1.807, 2.05) is 36.4 Å². The molecule has 0 saturated heterocycles. The van der Waals surface area contributed by atoms with Gasteiger partial charge in [0.25, 0.3) is 5.56 Å². The molecule has 0 aliphatic heterocycles. The molecule has 0 N–H and O–H groups in total. The van der Waals surface area contributed by atoms with Crippen LogP contribution in [-0.2, 0) is 17.8 Å². The maximum atomic E-state index is 14.2. The molecule has 0 radical (unpaired) electrons. The van der Waals surface area contributed by atoms with Crippen LogP contribution in [0.1, 0.15) is 24.7 Å². The van der Waals surface area contributed by atoms with E-state index in [-0.39, 0.29) is 36.5 Å². The van der Waals surface area contributed by atoms with Gasteiger partial charge in [-0.3, -0.25) is 14.2 Å². The second-order valence-electron chi connectivity index (χ2n) is 6.90. The first-order valence-corrected chi connectivity index (χ1v) is 10.2. The van der Waals surface area contributed by atoms with Crippen LogP contribution in [0.25, 0.3) is 20.7 Å². The fourth-order valence-corrected chi connectivity index (χ4v) is 4.30. The highest BCUT2D eigenvalue weighted by Gasteiger charge is 2.16. The summed E-state index contributed by atoms with van der Waals surface area (Å²) in [6.07, 6.45) is 0.418. The van der Waals surface area contributed by atoms with Crippen LogP contribution in [0.5, 0.6) is 0 Å². The van der Waals surface area contributed by atoms with Crippen molar-refractivity contribution in [3.63, 3.8) is 0 Å². The molecule has 2 heterocycles. The van der Waals surface area contributed by atoms with E-state index in [2.05, 4.69) is 0 Å². The van der Waals surface area contributed by atoms with Crippen LogP contribution in [0.2, 0.25) is 0 Å². The molecular weight excluding hydrogens is 387 g/mol. The molecule has 6 heteroatoms. The summed E-state index contributed by atoms with van der Waals surface area (Å²) in [5.74, 6) is 0.121. The van der Waals surface area contributed by atoms with Crippen molar-refractivity contribution >= 4 is 27.3 Å². The number of nitrogens with zero attached hydrogens (tertiary/aromatic N) is 2. The van der Waals surface area contributed by atoms with E-state index in [0.717, 1.165) is 10.4 Å². The van der Waals surface area contributed by atoms with Crippen LogP contribution in [0, 0.1) is 5.82 Å². The third-order valence-corrected chi connectivity index (χ3v) is 5.86. The predicted molar refractivity (Wildman–Crippen MR) is 114 cm³/mol. The fourth-order valence-electron chi connectivity index (χ4n) is 3.25. The van der Waals surface area contributed by atoms with Gasteiger partial charge in [-0.25, -0.2) is 9.37 Å². The van der Waals surface area contributed by atoms with Gasteiger partial charge in [0.2, 0.25) is 0 Å². The van der Waals surface area contributed by atoms with Gasteiger partial charge >= 0.3 is 0 Å². The third-order valence-electron chi connectivity index (χ3n) is 4.78. The fraction of sp³-hybridized carbons (Fsp3) is 0.174. The zero-order chi connectivity index (χ0) is 20.4. The number of thiophene rings is 1. The summed E-state index contributed by atoms with van der Waals surface area (Å²) < 4.78 is 15.7. The first kappa shape index (κ1) is 19.2. The smallest absolute Gasteiger partial charge is 0.262 e. The second-order valence-corrected chi connectivity index (χ2v) is 7.93. The minimum atomic E-state index is -0.337. The molecule has 4 rings (SSSR count). The Balaban J connectivity index is 1.85. The molecule has 2 aromatic carbocycles. The molecule has 0 atom stereocenters. The van der Waals surface area contributed by atoms with Gasteiger partial charge in [0, 0.05) is 24.3 Å². The van der Waals surface area contributed by atoms with E-state index in [9.17, 15) is 14.0 Å². The molecule has 0 unspecified atom stereocenters. The Bertz CT molecular complexity index is 1240. The van der Waals surface area contributed by atoms with Crippen LogP contribution in [-0.4, -0.2) is 15.3 Å². The normalized spacial score (nSPS) is 11.1. The Hall–Kier alpha value is -3.12. The van der Waals surface area contributed by atoms with Gasteiger partial charge in [0.1, 0.15) is 22.3 Å². The lowest BCUT2D eigenvalue weighted by Gasteiger charge is -2.12. The number of Topliss-reactive ketones (excluding diaryl/α,β-unsaturated/α-hetero) is 1. The summed E-state index contributed by atoms with van der Waals surface area (Å²) in [5, 5.41) is 0.523. The highest BCUT2D eigenvalue weighted by molar-refractivity contribution is 7.21. The lowest BCUT2D eigenvalue weighted by Crippen LogP contribution is -2.26. The number of benzene rings is 2. The van der Waals surface area contributed by atoms with Gasteiger partial charge in [-0.05, 0) is 30.2 Å². The molecule has 0 amide bonds. The molecule has 2 aromatic heterocycles. The van der Waals surface area contributed by atoms with E-state index < -0.39 is 0 Å². The molecule has 0 fully saturated rings. The summed E-state index contributed by atoms with van der Waals surface area (Å²) in [7, 11) is 0. The molecule has 4 nitrogen and oxygen atoms in total. The van der Waals surface area contributed by atoms with Crippen molar-refractivity contribution in [3.8, 4) is 10.4 Å². The minimum absolute atomic E-state index is 0.0101.